The van der Waals surface area contributed by atoms with Crippen molar-refractivity contribution in [1.29, 1.82) is 0 Å². The van der Waals surface area contributed by atoms with Crippen molar-refractivity contribution in [3.63, 3.8) is 0 Å². The molecule has 13 nitrogen and oxygen atoms in total. The van der Waals surface area contributed by atoms with Crippen LogP contribution in [0.2, 0.25) is 18.1 Å². The average Bonchev–Trinajstić information content (AvgIpc) is 3.60. The van der Waals surface area contributed by atoms with E-state index in [1.165, 1.54) is 6.07 Å². The maximum atomic E-state index is 13.3. The second-order valence-corrected chi connectivity index (χ2v) is 18.1. The topological polar surface area (TPSA) is 174 Å². The molecule has 0 atom stereocenters. The van der Waals surface area contributed by atoms with Crippen LogP contribution in [-0.4, -0.2) is 66.3 Å². The third-order valence-corrected chi connectivity index (χ3v) is 13.2. The van der Waals surface area contributed by atoms with Crippen molar-refractivity contribution in [2.24, 2.45) is 5.73 Å². The van der Waals surface area contributed by atoms with Crippen molar-refractivity contribution in [2.75, 3.05) is 43.2 Å². The molecule has 4 aromatic rings. The molecule has 2 aromatic carbocycles. The smallest absolute Gasteiger partial charge is 0.276 e. The van der Waals surface area contributed by atoms with Crippen LogP contribution in [0.5, 0.6) is 11.5 Å². The molecule has 2 amide bonds. The summed E-state index contributed by atoms with van der Waals surface area (Å²) in [7, 11) is -0.270. The van der Waals surface area contributed by atoms with E-state index in [9.17, 15) is 9.59 Å². The highest BCUT2D eigenvalue weighted by molar-refractivity contribution is 6.74. The summed E-state index contributed by atoms with van der Waals surface area (Å²) in [6.45, 7) is 17.1. The monoisotopic (exact) mass is 690 g/mol. The molecule has 0 aliphatic carbocycles. The molecule has 0 unspecified atom stereocenters. The van der Waals surface area contributed by atoms with Crippen LogP contribution in [0.25, 0.3) is 11.0 Å². The first-order chi connectivity index (χ1) is 23.2. The number of allylic oxidation sites excluding steroid dienone is 1. The lowest BCUT2D eigenvalue weighted by atomic mass is 10.1. The fraction of sp³-hybridized carbons (Fsp3) is 0.429. The molecule has 2 heterocycles. The number of aryl methyl sites for hydroxylation is 2. The number of nitrogens with zero attached hydrogens (tertiary/aromatic N) is 4. The second-order valence-electron chi connectivity index (χ2n) is 13.3. The van der Waals surface area contributed by atoms with Gasteiger partial charge in [-0.3, -0.25) is 19.6 Å². The normalized spacial score (nSPS) is 12.1. The summed E-state index contributed by atoms with van der Waals surface area (Å²) in [4.78, 5) is 30.0. The van der Waals surface area contributed by atoms with Crippen molar-refractivity contribution in [3.8, 4) is 11.5 Å². The van der Waals surface area contributed by atoms with Crippen molar-refractivity contribution in [2.45, 2.75) is 72.3 Å². The minimum absolute atomic E-state index is 0.119. The minimum atomic E-state index is -1.87. The number of carbonyl (C=O) groups excluding carboxylic acids is 2. The number of imidazole rings is 1. The van der Waals surface area contributed by atoms with E-state index >= 15 is 0 Å². The molecule has 14 heteroatoms. The fourth-order valence-corrected chi connectivity index (χ4v) is 6.10. The maximum absolute atomic E-state index is 13.3. The molecule has 6 N–H and O–H groups in total. The third-order valence-electron chi connectivity index (χ3n) is 8.69. The first kappa shape index (κ1) is 37.0. The van der Waals surface area contributed by atoms with Crippen LogP contribution in [-0.2, 0) is 17.5 Å². The van der Waals surface area contributed by atoms with Gasteiger partial charge in [0, 0.05) is 38.2 Å². The summed E-state index contributed by atoms with van der Waals surface area (Å²) >= 11 is 0. The summed E-state index contributed by atoms with van der Waals surface area (Å²) in [6.07, 6.45) is 4.55. The van der Waals surface area contributed by atoms with Crippen molar-refractivity contribution < 1.29 is 23.5 Å². The lowest BCUT2D eigenvalue weighted by Crippen LogP contribution is -2.41. The Hall–Kier alpha value is -4.82. The Balaban J connectivity index is 1.48. The van der Waals surface area contributed by atoms with E-state index in [4.69, 9.17) is 30.4 Å². The molecule has 264 valence electrons. The Bertz CT molecular complexity index is 1820. The number of nitrogen functional groups attached to an aromatic ring is 1. The van der Waals surface area contributed by atoms with E-state index in [0.717, 1.165) is 11.2 Å². The Morgan fingerprint density at radius 1 is 1.08 bits per heavy atom. The zero-order valence-electron chi connectivity index (χ0n) is 29.8. The molecule has 0 aliphatic heterocycles. The molecule has 49 heavy (non-hydrogen) atoms. The standard InChI is InChI=1S/C35H50N8O5Si/c1-9-43-27(20-23(2)41-43)33(45)40-34-39-26-14-12-15-28(46-6)31(26)42(34)17-11-10-16-38-30-25(36)21-24(32(37)44)22-29(30)47-18-13-19-48-49(7,8)35(3,4)5/h10-12,14-15,20-22,38H,9,13,16-19,36H2,1-8H3,(H2,37,44)(H,39,40,45)/b11-10+. The van der Waals surface area contributed by atoms with E-state index in [1.54, 1.807) is 23.9 Å². The molecule has 4 rings (SSSR count). The van der Waals surface area contributed by atoms with Crippen LogP contribution >= 0.6 is 0 Å². The Kier molecular flexibility index (Phi) is 11.8. The number of carbonyl (C=O) groups is 2. The van der Waals surface area contributed by atoms with E-state index < -0.39 is 14.2 Å². The zero-order chi connectivity index (χ0) is 35.9. The number of anilines is 3. The molecule has 0 bridgehead atoms. The molecule has 0 aliphatic rings. The predicted octanol–water partition coefficient (Wildman–Crippen LogP) is 5.96. The highest BCUT2D eigenvalue weighted by Gasteiger charge is 2.36. The Labute approximate surface area is 289 Å². The average molecular weight is 691 g/mol. The number of rotatable bonds is 16. The SMILES string of the molecule is CCn1nc(C)cc1C(=O)Nc1nc2cccc(OC)c2n1C/C=C/CNc1c(N)cc(C(N)=O)cc1OCCCO[Si](C)(C)C(C)(C)C. The molecule has 0 radical (unpaired) electrons. The summed E-state index contributed by atoms with van der Waals surface area (Å²) in [5, 5.41) is 10.8. The van der Waals surface area contributed by atoms with Gasteiger partial charge in [-0.1, -0.05) is 39.0 Å². The number of para-hydroxylation sites is 1. The molecule has 2 aromatic heterocycles. The number of amides is 2. The molecule has 0 saturated carbocycles. The predicted molar refractivity (Wildman–Crippen MR) is 197 cm³/mol. The van der Waals surface area contributed by atoms with E-state index in [0.29, 0.717) is 79.3 Å². The van der Waals surface area contributed by atoms with Gasteiger partial charge in [0.25, 0.3) is 5.91 Å². The van der Waals surface area contributed by atoms with E-state index in [1.807, 2.05) is 48.8 Å². The van der Waals surface area contributed by atoms with Gasteiger partial charge in [-0.15, -0.1) is 0 Å². The van der Waals surface area contributed by atoms with Crippen LogP contribution in [0.4, 0.5) is 17.3 Å². The van der Waals surface area contributed by atoms with Crippen molar-refractivity contribution in [3.05, 3.63) is 65.5 Å². The first-order valence-electron chi connectivity index (χ1n) is 16.4. The lowest BCUT2D eigenvalue weighted by molar-refractivity contribution is 0.0995. The van der Waals surface area contributed by atoms with Gasteiger partial charge in [-0.2, -0.15) is 5.10 Å². The molecular formula is C35H50N8O5Si. The zero-order valence-corrected chi connectivity index (χ0v) is 30.8. The molecule has 0 saturated heterocycles. The van der Waals surface area contributed by atoms with Crippen LogP contribution in [0.1, 0.15) is 60.7 Å². The molecule has 0 spiro atoms. The number of primary amides is 1. The van der Waals surface area contributed by atoms with E-state index in [-0.39, 0.29) is 16.5 Å². The summed E-state index contributed by atoms with van der Waals surface area (Å²) in [5.74, 6) is 0.543. The quantitative estimate of drug-likeness (QED) is 0.0479. The minimum Gasteiger partial charge on any atom is -0.494 e. The van der Waals surface area contributed by atoms with Gasteiger partial charge in [0.15, 0.2) is 8.32 Å². The summed E-state index contributed by atoms with van der Waals surface area (Å²) in [5.41, 5.74) is 15.7. The van der Waals surface area contributed by atoms with Gasteiger partial charge in [-0.05, 0) is 62.3 Å². The summed E-state index contributed by atoms with van der Waals surface area (Å²) < 4.78 is 21.5. The number of nitrogens with two attached hydrogens (primary N) is 2. The van der Waals surface area contributed by atoms with Crippen LogP contribution in [0.3, 0.4) is 0 Å². The highest BCUT2D eigenvalue weighted by Crippen LogP contribution is 2.37. The van der Waals surface area contributed by atoms with Gasteiger partial charge in [-0.25, -0.2) is 4.98 Å². The fourth-order valence-electron chi connectivity index (χ4n) is 5.02. The van der Waals surface area contributed by atoms with Crippen molar-refractivity contribution >= 4 is 48.5 Å². The number of hydrogen-bond acceptors (Lipinski definition) is 9. The molecular weight excluding hydrogens is 641 g/mol. The Morgan fingerprint density at radius 3 is 2.51 bits per heavy atom. The van der Waals surface area contributed by atoms with Gasteiger partial charge in [0.1, 0.15) is 28.4 Å². The number of hydrogen-bond donors (Lipinski definition) is 4. The van der Waals surface area contributed by atoms with Gasteiger partial charge in [0.05, 0.1) is 30.6 Å². The van der Waals surface area contributed by atoms with Crippen LogP contribution in [0.15, 0.2) is 48.6 Å². The number of fused-ring (bicyclic) bond motifs is 1. The third kappa shape index (κ3) is 8.81. The largest absolute Gasteiger partial charge is 0.494 e. The van der Waals surface area contributed by atoms with Gasteiger partial charge >= 0.3 is 0 Å². The maximum Gasteiger partial charge on any atom is 0.276 e. The number of aromatic nitrogens is 4. The second kappa shape index (κ2) is 15.6. The number of methoxy groups -OCH3 is 1. The van der Waals surface area contributed by atoms with Crippen LogP contribution < -0.4 is 31.6 Å². The molecule has 0 fully saturated rings. The Morgan fingerprint density at radius 2 is 1.84 bits per heavy atom. The number of ether oxygens (including phenoxy) is 2. The van der Waals surface area contributed by atoms with Crippen LogP contribution in [0, 0.1) is 6.92 Å². The number of nitrogens with one attached hydrogen (secondary N) is 2. The first-order valence-corrected chi connectivity index (χ1v) is 19.4. The van der Waals surface area contributed by atoms with E-state index in [2.05, 4.69) is 49.6 Å². The lowest BCUT2D eigenvalue weighted by Gasteiger charge is -2.36. The van der Waals surface area contributed by atoms with Gasteiger partial charge < -0.3 is 35.3 Å². The van der Waals surface area contributed by atoms with Gasteiger partial charge in [0.2, 0.25) is 11.9 Å². The van der Waals surface area contributed by atoms with Crippen molar-refractivity contribution in [1.82, 2.24) is 19.3 Å². The number of benzene rings is 2. The highest BCUT2D eigenvalue weighted by atomic mass is 28.4. The summed E-state index contributed by atoms with van der Waals surface area (Å²) in [6, 6.07) is 10.5.